The van der Waals surface area contributed by atoms with Crippen molar-refractivity contribution in [2.24, 2.45) is 0 Å². The number of fused-ring (bicyclic) bond motifs is 1. The van der Waals surface area contributed by atoms with E-state index in [4.69, 9.17) is 0 Å². The van der Waals surface area contributed by atoms with Gasteiger partial charge in [0.05, 0.1) is 0 Å². The highest BCUT2D eigenvalue weighted by molar-refractivity contribution is 5.97. The van der Waals surface area contributed by atoms with Gasteiger partial charge in [0.2, 0.25) is 11.8 Å². The fourth-order valence-electron chi connectivity index (χ4n) is 2.32. The molecule has 2 rings (SSSR count). The average Bonchev–Trinajstić information content (AvgIpc) is 2.70. The number of hydrogen-bond acceptors (Lipinski definition) is 3. The van der Waals surface area contributed by atoms with E-state index in [-0.39, 0.29) is 23.9 Å². The van der Waals surface area contributed by atoms with Crippen molar-refractivity contribution < 1.29 is 9.59 Å². The van der Waals surface area contributed by atoms with E-state index in [1.165, 1.54) is 0 Å². The molecule has 0 aliphatic carbocycles. The third-order valence-corrected chi connectivity index (χ3v) is 3.14. The molecular weight excluding hydrogens is 194 g/mol. The maximum absolute atomic E-state index is 11.9. The third-order valence-electron chi connectivity index (χ3n) is 3.14. The van der Waals surface area contributed by atoms with Gasteiger partial charge in [-0.25, -0.2) is 0 Å². The van der Waals surface area contributed by atoms with Crippen LogP contribution in [0.1, 0.15) is 19.3 Å². The molecule has 0 aromatic carbocycles. The van der Waals surface area contributed by atoms with Crippen molar-refractivity contribution in [3.05, 3.63) is 0 Å². The molecule has 2 N–H and O–H groups in total. The van der Waals surface area contributed by atoms with Crippen molar-refractivity contribution in [3.8, 4) is 0 Å². The maximum atomic E-state index is 11.9. The van der Waals surface area contributed by atoms with Gasteiger partial charge >= 0.3 is 0 Å². The fourth-order valence-corrected chi connectivity index (χ4v) is 2.32. The SMILES string of the molecule is CNCC[C@@H]1NC(=O)[C@@H]2CCCN2C1=O. The van der Waals surface area contributed by atoms with Crippen molar-refractivity contribution in [1.82, 2.24) is 15.5 Å². The maximum Gasteiger partial charge on any atom is 0.245 e. The predicted molar refractivity (Wildman–Crippen MR) is 55.2 cm³/mol. The zero-order valence-corrected chi connectivity index (χ0v) is 8.95. The molecule has 0 bridgehead atoms. The molecule has 2 atom stereocenters. The highest BCUT2D eigenvalue weighted by Crippen LogP contribution is 2.22. The highest BCUT2D eigenvalue weighted by Gasteiger charge is 2.42. The van der Waals surface area contributed by atoms with Gasteiger partial charge in [-0.1, -0.05) is 0 Å². The summed E-state index contributed by atoms with van der Waals surface area (Å²) >= 11 is 0. The molecule has 5 nitrogen and oxygen atoms in total. The lowest BCUT2D eigenvalue weighted by atomic mass is 10.1. The molecule has 0 saturated carbocycles. The zero-order valence-electron chi connectivity index (χ0n) is 8.95. The molecule has 0 radical (unpaired) electrons. The van der Waals surface area contributed by atoms with Crippen LogP contribution in [0.15, 0.2) is 0 Å². The van der Waals surface area contributed by atoms with Crippen LogP contribution >= 0.6 is 0 Å². The molecule has 2 heterocycles. The minimum atomic E-state index is -0.320. The van der Waals surface area contributed by atoms with Crippen LogP contribution in [0, 0.1) is 0 Å². The van der Waals surface area contributed by atoms with Gasteiger partial charge in [-0.05, 0) is 32.9 Å². The van der Waals surface area contributed by atoms with Gasteiger partial charge in [-0.15, -0.1) is 0 Å². The van der Waals surface area contributed by atoms with Gasteiger partial charge in [-0.3, -0.25) is 9.59 Å². The van der Waals surface area contributed by atoms with E-state index in [1.54, 1.807) is 4.90 Å². The number of nitrogens with zero attached hydrogens (tertiary/aromatic N) is 1. The summed E-state index contributed by atoms with van der Waals surface area (Å²) in [6.45, 7) is 1.49. The first-order valence-corrected chi connectivity index (χ1v) is 5.49. The van der Waals surface area contributed by atoms with E-state index in [0.29, 0.717) is 6.42 Å². The summed E-state index contributed by atoms with van der Waals surface area (Å²) in [7, 11) is 1.84. The van der Waals surface area contributed by atoms with Crippen molar-refractivity contribution >= 4 is 11.8 Å². The Hall–Kier alpha value is -1.10. The van der Waals surface area contributed by atoms with Crippen LogP contribution in [-0.4, -0.2) is 48.9 Å². The Labute approximate surface area is 89.2 Å². The molecular formula is C10H17N3O2. The molecule has 0 spiro atoms. The lowest BCUT2D eigenvalue weighted by Gasteiger charge is -2.34. The Kier molecular flexibility index (Phi) is 2.90. The van der Waals surface area contributed by atoms with Gasteiger partial charge in [0, 0.05) is 6.54 Å². The molecule has 84 valence electrons. The minimum Gasteiger partial charge on any atom is -0.342 e. The average molecular weight is 211 g/mol. The molecule has 2 amide bonds. The molecule has 2 aliphatic rings. The van der Waals surface area contributed by atoms with Crippen molar-refractivity contribution in [2.75, 3.05) is 20.1 Å². The summed E-state index contributed by atoms with van der Waals surface area (Å²) in [4.78, 5) is 25.3. The molecule has 2 saturated heterocycles. The summed E-state index contributed by atoms with van der Waals surface area (Å²) in [6.07, 6.45) is 2.43. The third kappa shape index (κ3) is 1.84. The highest BCUT2D eigenvalue weighted by atomic mass is 16.2. The number of hydrogen-bond donors (Lipinski definition) is 2. The second-order valence-electron chi connectivity index (χ2n) is 4.14. The topological polar surface area (TPSA) is 61.4 Å². The van der Waals surface area contributed by atoms with Crippen LogP contribution < -0.4 is 10.6 Å². The Balaban J connectivity index is 2.03. The molecule has 2 fully saturated rings. The lowest BCUT2D eigenvalue weighted by Crippen LogP contribution is -2.61. The van der Waals surface area contributed by atoms with Crippen LogP contribution in [-0.2, 0) is 9.59 Å². The fraction of sp³-hybridized carbons (Fsp3) is 0.800. The summed E-state index contributed by atoms with van der Waals surface area (Å²) in [6, 6.07) is -0.511. The normalized spacial score (nSPS) is 30.3. The van der Waals surface area contributed by atoms with Crippen molar-refractivity contribution in [3.63, 3.8) is 0 Å². The number of piperazine rings is 1. The van der Waals surface area contributed by atoms with Crippen LogP contribution in [0.5, 0.6) is 0 Å². The van der Waals surface area contributed by atoms with E-state index in [9.17, 15) is 9.59 Å². The summed E-state index contributed by atoms with van der Waals surface area (Å²) in [5, 5.41) is 5.79. The quantitative estimate of drug-likeness (QED) is 0.635. The second-order valence-corrected chi connectivity index (χ2v) is 4.14. The summed E-state index contributed by atoms with van der Waals surface area (Å²) in [5.74, 6) is 0.112. The van der Waals surface area contributed by atoms with Gasteiger partial charge in [0.25, 0.3) is 0 Å². The summed E-state index contributed by atoms with van der Waals surface area (Å²) in [5.41, 5.74) is 0. The molecule has 0 unspecified atom stereocenters. The van der Waals surface area contributed by atoms with E-state index >= 15 is 0 Å². The Bertz CT molecular complexity index is 280. The van der Waals surface area contributed by atoms with Gasteiger partial charge in [-0.2, -0.15) is 0 Å². The van der Waals surface area contributed by atoms with Gasteiger partial charge in [0.15, 0.2) is 0 Å². The van der Waals surface area contributed by atoms with E-state index in [2.05, 4.69) is 10.6 Å². The minimum absolute atomic E-state index is 0.0215. The first kappa shape index (κ1) is 10.4. The molecule has 0 aromatic heterocycles. The molecule has 0 aromatic rings. The van der Waals surface area contributed by atoms with Crippen LogP contribution in [0.3, 0.4) is 0 Å². The number of carbonyl (C=O) groups is 2. The lowest BCUT2D eigenvalue weighted by molar-refractivity contribution is -0.147. The molecule has 15 heavy (non-hydrogen) atoms. The first-order valence-electron chi connectivity index (χ1n) is 5.49. The van der Waals surface area contributed by atoms with Gasteiger partial charge in [0.1, 0.15) is 12.1 Å². The second kappa shape index (κ2) is 4.18. The monoisotopic (exact) mass is 211 g/mol. The smallest absolute Gasteiger partial charge is 0.245 e. The zero-order chi connectivity index (χ0) is 10.8. The largest absolute Gasteiger partial charge is 0.342 e. The van der Waals surface area contributed by atoms with Gasteiger partial charge < -0.3 is 15.5 Å². The number of amides is 2. The Morgan fingerprint density at radius 1 is 1.53 bits per heavy atom. The van der Waals surface area contributed by atoms with Crippen LogP contribution in [0.25, 0.3) is 0 Å². The van der Waals surface area contributed by atoms with E-state index in [1.807, 2.05) is 7.05 Å². The first-order chi connectivity index (χ1) is 7.24. The Morgan fingerprint density at radius 3 is 3.07 bits per heavy atom. The number of rotatable bonds is 3. The Morgan fingerprint density at radius 2 is 2.33 bits per heavy atom. The van der Waals surface area contributed by atoms with E-state index in [0.717, 1.165) is 25.9 Å². The van der Waals surface area contributed by atoms with Crippen LogP contribution in [0.2, 0.25) is 0 Å². The predicted octanol–water partition coefficient (Wildman–Crippen LogP) is -0.915. The number of carbonyl (C=O) groups excluding carboxylic acids is 2. The van der Waals surface area contributed by atoms with Crippen molar-refractivity contribution in [2.45, 2.75) is 31.3 Å². The molecule has 2 aliphatic heterocycles. The molecule has 5 heteroatoms. The standard InChI is InChI=1S/C10H17N3O2/c1-11-5-4-7-10(15)13-6-2-3-8(13)9(14)12-7/h7-8,11H,2-6H2,1H3,(H,12,14)/t7-,8-/m0/s1. The summed E-state index contributed by atoms with van der Waals surface area (Å²) < 4.78 is 0. The van der Waals surface area contributed by atoms with Crippen LogP contribution in [0.4, 0.5) is 0 Å². The number of nitrogens with one attached hydrogen (secondary N) is 2. The van der Waals surface area contributed by atoms with E-state index < -0.39 is 0 Å². The van der Waals surface area contributed by atoms with Crippen molar-refractivity contribution in [1.29, 1.82) is 0 Å².